The first-order valence-electron chi connectivity index (χ1n) is 2.44. The Morgan fingerprint density at radius 3 is 1.25 bits per heavy atom. The van der Waals surface area contributed by atoms with Crippen molar-refractivity contribution >= 4 is 15.0 Å². The van der Waals surface area contributed by atoms with Gasteiger partial charge in [0.05, 0.1) is 0 Å². The number of rotatable bonds is 2. The summed E-state index contributed by atoms with van der Waals surface area (Å²) in [6.07, 6.45) is -6.19. The summed E-state index contributed by atoms with van der Waals surface area (Å²) in [5.74, 6) is -5.30. The van der Waals surface area contributed by atoms with Gasteiger partial charge in [-0.3, -0.25) is 0 Å². The van der Waals surface area contributed by atoms with Gasteiger partial charge >= 0.3 is 68.4 Å². The summed E-state index contributed by atoms with van der Waals surface area (Å²) in [7, 11) is 0. The molecule has 0 aromatic heterocycles. The molecule has 0 fully saturated rings. The van der Waals surface area contributed by atoms with Crippen LogP contribution < -0.4 is 0 Å². The summed E-state index contributed by atoms with van der Waals surface area (Å²) in [4.78, 5) is -4.97. The van der Waals surface area contributed by atoms with E-state index in [0.29, 0.717) is 5.82 Å². The monoisotopic (exact) mass is 264 g/mol. The van der Waals surface area contributed by atoms with E-state index in [-0.39, 0.29) is 0 Å². The molecule has 12 heavy (non-hydrogen) atoms. The molecule has 8 heteroatoms. The second-order valence-electron chi connectivity index (χ2n) is 1.79. The van der Waals surface area contributed by atoms with Gasteiger partial charge in [0.15, 0.2) is 0 Å². The van der Waals surface area contributed by atoms with Crippen LogP contribution >= 0.6 is 0 Å². The molecule has 0 radical (unpaired) electrons. The van der Waals surface area contributed by atoms with Gasteiger partial charge in [-0.25, -0.2) is 0 Å². The summed E-state index contributed by atoms with van der Waals surface area (Å²) in [5.41, 5.74) is 0. The predicted octanol–water partition coefficient (Wildman–Crippen LogP) is 2.53. The van der Waals surface area contributed by atoms with E-state index in [1.165, 1.54) is 0 Å². The SMILES string of the molecule is C[Se]C(F)(F)C(F)(F)C(F)(F)F. The third-order valence-corrected chi connectivity index (χ3v) is 2.59. The Hall–Kier alpha value is 0.0295. The van der Waals surface area contributed by atoms with Crippen molar-refractivity contribution in [1.82, 2.24) is 0 Å². The number of alkyl halides is 7. The second kappa shape index (κ2) is 3.06. The van der Waals surface area contributed by atoms with E-state index >= 15 is 0 Å². The fourth-order valence-electron chi connectivity index (χ4n) is 0.293. The first kappa shape index (κ1) is 12.0. The molecule has 0 heterocycles. The fourth-order valence-corrected chi connectivity index (χ4v) is 1.07. The summed E-state index contributed by atoms with van der Waals surface area (Å²) < 4.78 is 81.6. The zero-order chi connectivity index (χ0) is 10.2. The maximum absolute atomic E-state index is 12.0. The van der Waals surface area contributed by atoms with Crippen molar-refractivity contribution in [2.45, 2.75) is 22.7 Å². The van der Waals surface area contributed by atoms with Gasteiger partial charge in [-0.2, -0.15) is 0 Å². The van der Waals surface area contributed by atoms with Crippen LogP contribution in [0.3, 0.4) is 0 Å². The van der Waals surface area contributed by atoms with Gasteiger partial charge in [0.2, 0.25) is 0 Å². The molecule has 0 aliphatic carbocycles. The summed E-state index contributed by atoms with van der Waals surface area (Å²) in [6, 6.07) is 0. The minimum absolute atomic E-state index is 0.618. The maximum atomic E-state index is 12.0. The average molecular weight is 263 g/mol. The van der Waals surface area contributed by atoms with Crippen LogP contribution in [0.25, 0.3) is 0 Å². The summed E-state index contributed by atoms with van der Waals surface area (Å²) in [5, 5.41) is 0. The molecule has 0 rings (SSSR count). The molecule has 0 saturated carbocycles. The molecule has 0 saturated heterocycles. The molecule has 0 amide bonds. The zero-order valence-electron chi connectivity index (χ0n) is 5.55. The van der Waals surface area contributed by atoms with Crippen molar-refractivity contribution in [2.75, 3.05) is 0 Å². The third-order valence-electron chi connectivity index (χ3n) is 0.978. The standard InChI is InChI=1S/C4H3F7Se/c1-12-4(10,11)2(5,6)3(7,8)9/h1H3. The van der Waals surface area contributed by atoms with E-state index in [0.717, 1.165) is 0 Å². The van der Waals surface area contributed by atoms with Crippen LogP contribution in [0.1, 0.15) is 0 Å². The Morgan fingerprint density at radius 2 is 1.17 bits per heavy atom. The molecule has 74 valence electrons. The Labute approximate surface area is 69.3 Å². The van der Waals surface area contributed by atoms with Crippen molar-refractivity contribution in [3.8, 4) is 0 Å². The van der Waals surface area contributed by atoms with Crippen LogP contribution in [-0.2, 0) is 0 Å². The molecule has 0 aliphatic rings. The van der Waals surface area contributed by atoms with Crippen molar-refractivity contribution in [2.24, 2.45) is 0 Å². The Bertz CT molecular complexity index is 159. The van der Waals surface area contributed by atoms with Gasteiger partial charge in [0, 0.05) is 0 Å². The van der Waals surface area contributed by atoms with Gasteiger partial charge in [0.25, 0.3) is 0 Å². The van der Waals surface area contributed by atoms with Crippen LogP contribution in [0.2, 0.25) is 5.82 Å². The van der Waals surface area contributed by atoms with Crippen molar-refractivity contribution in [3.05, 3.63) is 0 Å². The summed E-state index contributed by atoms with van der Waals surface area (Å²) >= 11 is -2.09. The number of hydrogen-bond donors (Lipinski definition) is 0. The Kier molecular flexibility index (Phi) is 3.07. The minimum atomic E-state index is -6.19. The first-order valence-corrected chi connectivity index (χ1v) is 5.00. The van der Waals surface area contributed by atoms with Gasteiger partial charge in [-0.05, 0) is 0 Å². The molecular weight excluding hydrogens is 260 g/mol. The molecule has 0 aromatic carbocycles. The van der Waals surface area contributed by atoms with E-state index in [9.17, 15) is 30.7 Å². The van der Waals surface area contributed by atoms with Crippen molar-refractivity contribution < 1.29 is 30.7 Å². The molecule has 0 atom stereocenters. The Balaban J connectivity index is 4.85. The molecule has 0 spiro atoms. The van der Waals surface area contributed by atoms with Crippen LogP contribution in [-0.4, -0.2) is 31.9 Å². The molecule has 0 aromatic rings. The predicted molar refractivity (Wildman–Crippen MR) is 27.6 cm³/mol. The van der Waals surface area contributed by atoms with Gasteiger partial charge in [-0.15, -0.1) is 0 Å². The van der Waals surface area contributed by atoms with Gasteiger partial charge in [-0.1, -0.05) is 0 Å². The molecule has 0 N–H and O–H groups in total. The van der Waals surface area contributed by atoms with Crippen LogP contribution in [0.4, 0.5) is 30.7 Å². The number of hydrogen-bond acceptors (Lipinski definition) is 0. The van der Waals surface area contributed by atoms with E-state index < -0.39 is 31.9 Å². The van der Waals surface area contributed by atoms with Gasteiger partial charge < -0.3 is 0 Å². The quantitative estimate of drug-likeness (QED) is 0.530. The molecular formula is C4H3F7Se. The van der Waals surface area contributed by atoms with E-state index in [2.05, 4.69) is 0 Å². The first-order chi connectivity index (χ1) is 5.06. The van der Waals surface area contributed by atoms with E-state index in [1.54, 1.807) is 0 Å². The normalized spacial score (nSPS) is 15.0. The van der Waals surface area contributed by atoms with E-state index in [4.69, 9.17) is 0 Å². The number of halogens is 7. The molecule has 0 bridgehead atoms. The van der Waals surface area contributed by atoms with Crippen molar-refractivity contribution in [1.29, 1.82) is 0 Å². The molecule has 0 aliphatic heterocycles. The van der Waals surface area contributed by atoms with Crippen LogP contribution in [0.5, 0.6) is 0 Å². The third kappa shape index (κ3) is 1.85. The van der Waals surface area contributed by atoms with Crippen LogP contribution in [0.15, 0.2) is 0 Å². The topological polar surface area (TPSA) is 0 Å². The average Bonchev–Trinajstić information content (AvgIpc) is 1.85. The summed E-state index contributed by atoms with van der Waals surface area (Å²) in [6.45, 7) is 0. The van der Waals surface area contributed by atoms with Gasteiger partial charge in [0.1, 0.15) is 0 Å². The molecule has 0 nitrogen and oxygen atoms in total. The van der Waals surface area contributed by atoms with E-state index in [1.807, 2.05) is 0 Å². The Morgan fingerprint density at radius 1 is 0.833 bits per heavy atom. The second-order valence-corrected chi connectivity index (χ2v) is 3.73. The van der Waals surface area contributed by atoms with Crippen molar-refractivity contribution in [3.63, 3.8) is 0 Å². The fraction of sp³-hybridized carbons (Fsp3) is 1.00. The van der Waals surface area contributed by atoms with Crippen LogP contribution in [0, 0.1) is 0 Å². The molecule has 0 unspecified atom stereocenters. The zero-order valence-corrected chi connectivity index (χ0v) is 7.27.